The number of furan rings is 1. The zero-order valence-corrected chi connectivity index (χ0v) is 16.4. The highest BCUT2D eigenvalue weighted by molar-refractivity contribution is 7.99. The molecular weight excluding hydrogens is 386 g/mol. The first-order chi connectivity index (χ1) is 14.3. The maximum atomic E-state index is 12.1. The monoisotopic (exact) mass is 405 g/mol. The molecule has 0 aliphatic rings. The van der Waals surface area contributed by atoms with Crippen LogP contribution < -0.4 is 5.32 Å². The molecule has 1 N–H and O–H groups in total. The van der Waals surface area contributed by atoms with Crippen LogP contribution in [0.3, 0.4) is 0 Å². The van der Waals surface area contributed by atoms with Crippen molar-refractivity contribution in [1.29, 1.82) is 0 Å². The molecule has 1 amide bonds. The smallest absolute Gasteiger partial charge is 0.221 e. The summed E-state index contributed by atoms with van der Waals surface area (Å²) >= 11 is 1.49. The van der Waals surface area contributed by atoms with Gasteiger partial charge in [0.05, 0.1) is 12.8 Å². The van der Waals surface area contributed by atoms with Gasteiger partial charge in [0.15, 0.2) is 11.0 Å². The predicted octanol–water partition coefficient (Wildman–Crippen LogP) is 3.72. The normalized spacial score (nSPS) is 10.8. The van der Waals surface area contributed by atoms with Gasteiger partial charge in [0.1, 0.15) is 5.76 Å². The van der Waals surface area contributed by atoms with Gasteiger partial charge in [0.25, 0.3) is 0 Å². The summed E-state index contributed by atoms with van der Waals surface area (Å²) in [7, 11) is 0. The number of aromatic nitrogens is 4. The number of hydrogen-bond acceptors (Lipinski definition) is 6. The van der Waals surface area contributed by atoms with Crippen molar-refractivity contribution in [1.82, 2.24) is 25.1 Å². The first-order valence-corrected chi connectivity index (χ1v) is 10.1. The second-order valence-corrected chi connectivity index (χ2v) is 7.24. The van der Waals surface area contributed by atoms with Crippen molar-refractivity contribution in [3.8, 4) is 17.1 Å². The van der Waals surface area contributed by atoms with Gasteiger partial charge in [-0.1, -0.05) is 30.0 Å². The fraction of sp³-hybridized carbons (Fsp3) is 0.143. The molecule has 29 heavy (non-hydrogen) atoms. The number of hydrogen-bond donors (Lipinski definition) is 1. The number of rotatable bonds is 8. The van der Waals surface area contributed by atoms with Gasteiger partial charge in [-0.05, 0) is 36.4 Å². The van der Waals surface area contributed by atoms with Crippen LogP contribution in [0.4, 0.5) is 0 Å². The minimum absolute atomic E-state index is 0.0350. The summed E-state index contributed by atoms with van der Waals surface area (Å²) < 4.78 is 7.21. The van der Waals surface area contributed by atoms with Crippen LogP contribution in [-0.4, -0.2) is 31.4 Å². The average Bonchev–Trinajstić information content (AvgIpc) is 3.44. The summed E-state index contributed by atoms with van der Waals surface area (Å²) in [4.78, 5) is 16.3. The number of carbonyl (C=O) groups is 1. The largest absolute Gasteiger partial charge is 0.467 e. The first-order valence-electron chi connectivity index (χ1n) is 9.14. The Hall–Kier alpha value is -3.39. The van der Waals surface area contributed by atoms with Gasteiger partial charge in [-0.3, -0.25) is 14.3 Å². The lowest BCUT2D eigenvalue weighted by molar-refractivity contribution is -0.120. The van der Waals surface area contributed by atoms with Crippen LogP contribution in [0.15, 0.2) is 82.8 Å². The number of benzene rings is 1. The number of para-hydroxylation sites is 1. The molecule has 0 spiro atoms. The molecule has 3 heterocycles. The van der Waals surface area contributed by atoms with Gasteiger partial charge < -0.3 is 9.73 Å². The highest BCUT2D eigenvalue weighted by atomic mass is 32.2. The second-order valence-electron chi connectivity index (χ2n) is 6.17. The lowest BCUT2D eigenvalue weighted by Crippen LogP contribution is -2.22. The molecule has 0 bridgehead atoms. The highest BCUT2D eigenvalue weighted by Crippen LogP contribution is 2.27. The van der Waals surface area contributed by atoms with E-state index in [-0.39, 0.29) is 5.91 Å². The van der Waals surface area contributed by atoms with Crippen molar-refractivity contribution >= 4 is 17.7 Å². The van der Waals surface area contributed by atoms with E-state index in [0.717, 1.165) is 22.2 Å². The molecule has 0 unspecified atom stereocenters. The van der Waals surface area contributed by atoms with Crippen LogP contribution in [-0.2, 0) is 11.3 Å². The van der Waals surface area contributed by atoms with E-state index in [2.05, 4.69) is 20.5 Å². The molecule has 3 aromatic heterocycles. The highest BCUT2D eigenvalue weighted by Gasteiger charge is 2.16. The van der Waals surface area contributed by atoms with Crippen molar-refractivity contribution in [2.24, 2.45) is 0 Å². The molecule has 0 aliphatic heterocycles. The van der Waals surface area contributed by atoms with E-state index in [1.807, 2.05) is 53.1 Å². The van der Waals surface area contributed by atoms with E-state index in [9.17, 15) is 4.79 Å². The van der Waals surface area contributed by atoms with Gasteiger partial charge in [-0.2, -0.15) is 0 Å². The van der Waals surface area contributed by atoms with Crippen molar-refractivity contribution in [3.05, 3.63) is 79.0 Å². The molecule has 146 valence electrons. The van der Waals surface area contributed by atoms with Crippen LogP contribution in [0.5, 0.6) is 0 Å². The first kappa shape index (κ1) is 18.9. The van der Waals surface area contributed by atoms with Crippen LogP contribution in [0.1, 0.15) is 12.2 Å². The number of carbonyl (C=O) groups excluding carboxylic acids is 1. The van der Waals surface area contributed by atoms with Crippen LogP contribution in [0.25, 0.3) is 17.1 Å². The van der Waals surface area contributed by atoms with Gasteiger partial charge in [0, 0.05) is 35.8 Å². The molecule has 0 fully saturated rings. The van der Waals surface area contributed by atoms with E-state index in [4.69, 9.17) is 4.42 Å². The molecule has 8 heteroatoms. The molecule has 0 saturated heterocycles. The van der Waals surface area contributed by atoms with E-state index >= 15 is 0 Å². The molecule has 0 radical (unpaired) electrons. The fourth-order valence-electron chi connectivity index (χ4n) is 2.78. The molecule has 0 atom stereocenters. The third kappa shape index (κ3) is 4.72. The summed E-state index contributed by atoms with van der Waals surface area (Å²) in [6, 6.07) is 17.4. The number of nitrogens with one attached hydrogen (secondary N) is 1. The quantitative estimate of drug-likeness (QED) is 0.450. The Labute approximate surface area is 172 Å². The molecular formula is C21H19N5O2S. The van der Waals surface area contributed by atoms with Gasteiger partial charge >= 0.3 is 0 Å². The predicted molar refractivity (Wildman–Crippen MR) is 110 cm³/mol. The summed E-state index contributed by atoms with van der Waals surface area (Å²) in [6.45, 7) is 0.391. The van der Waals surface area contributed by atoms with Crippen LogP contribution >= 0.6 is 11.8 Å². The summed E-state index contributed by atoms with van der Waals surface area (Å²) in [6.07, 6.45) is 5.45. The Kier molecular flexibility index (Phi) is 6.01. The molecule has 7 nitrogen and oxygen atoms in total. The van der Waals surface area contributed by atoms with E-state index in [1.165, 1.54) is 11.8 Å². The second kappa shape index (κ2) is 9.20. The van der Waals surface area contributed by atoms with Gasteiger partial charge in [-0.15, -0.1) is 10.2 Å². The summed E-state index contributed by atoms with van der Waals surface area (Å²) in [5.41, 5.74) is 1.84. The summed E-state index contributed by atoms with van der Waals surface area (Å²) in [5.74, 6) is 2.00. The topological polar surface area (TPSA) is 85.8 Å². The number of pyridine rings is 1. The fourth-order valence-corrected chi connectivity index (χ4v) is 3.67. The molecule has 4 aromatic rings. The Balaban J connectivity index is 1.46. The van der Waals surface area contributed by atoms with E-state index < -0.39 is 0 Å². The van der Waals surface area contributed by atoms with Crippen molar-refractivity contribution < 1.29 is 9.21 Å². The minimum Gasteiger partial charge on any atom is -0.467 e. The maximum Gasteiger partial charge on any atom is 0.221 e. The Morgan fingerprint density at radius 1 is 1.07 bits per heavy atom. The Bertz CT molecular complexity index is 1050. The third-order valence-electron chi connectivity index (χ3n) is 4.17. The standard InChI is InChI=1S/C21H19N5O2S/c27-19(23-15-18-9-5-12-28-18)10-13-29-21-25-24-20(16-6-4-11-22-14-16)26(21)17-7-2-1-3-8-17/h1-9,11-12,14H,10,13,15H2,(H,23,27). The van der Waals surface area contributed by atoms with Crippen molar-refractivity contribution in [3.63, 3.8) is 0 Å². The Morgan fingerprint density at radius 2 is 1.97 bits per heavy atom. The third-order valence-corrected chi connectivity index (χ3v) is 5.10. The number of amides is 1. The van der Waals surface area contributed by atoms with Crippen LogP contribution in [0, 0.1) is 0 Å². The van der Waals surface area contributed by atoms with Crippen molar-refractivity contribution in [2.75, 3.05) is 5.75 Å². The zero-order chi connectivity index (χ0) is 19.9. The lowest BCUT2D eigenvalue weighted by Gasteiger charge is -2.10. The summed E-state index contributed by atoms with van der Waals surface area (Å²) in [5, 5.41) is 12.3. The Morgan fingerprint density at radius 3 is 2.72 bits per heavy atom. The molecule has 0 saturated carbocycles. The molecule has 0 aliphatic carbocycles. The number of thioether (sulfide) groups is 1. The van der Waals surface area contributed by atoms with E-state index in [0.29, 0.717) is 24.5 Å². The van der Waals surface area contributed by atoms with Crippen molar-refractivity contribution in [2.45, 2.75) is 18.1 Å². The minimum atomic E-state index is -0.0350. The average molecular weight is 405 g/mol. The maximum absolute atomic E-state index is 12.1. The van der Waals surface area contributed by atoms with Gasteiger partial charge in [0.2, 0.25) is 5.91 Å². The molecule has 1 aromatic carbocycles. The van der Waals surface area contributed by atoms with Crippen LogP contribution in [0.2, 0.25) is 0 Å². The lowest BCUT2D eigenvalue weighted by atomic mass is 10.2. The SMILES string of the molecule is O=C(CCSc1nnc(-c2cccnc2)n1-c1ccccc1)NCc1ccco1. The van der Waals surface area contributed by atoms with Gasteiger partial charge in [-0.25, -0.2) is 0 Å². The molecule has 4 rings (SSSR count). The zero-order valence-electron chi connectivity index (χ0n) is 15.6. The van der Waals surface area contributed by atoms with E-state index in [1.54, 1.807) is 24.7 Å². The number of nitrogens with zero attached hydrogens (tertiary/aromatic N) is 4.